The number of nitrogens with one attached hydrogen (secondary N) is 1. The van der Waals surface area contributed by atoms with E-state index >= 15 is 0 Å². The van der Waals surface area contributed by atoms with Gasteiger partial charge in [-0.2, -0.15) is 11.8 Å². The van der Waals surface area contributed by atoms with Crippen molar-refractivity contribution in [3.8, 4) is 0 Å². The van der Waals surface area contributed by atoms with Gasteiger partial charge in [-0.3, -0.25) is 9.59 Å². The van der Waals surface area contributed by atoms with Gasteiger partial charge in [0.15, 0.2) is 0 Å². The molecular weight excluding hydrogens is 236 g/mol. The molecule has 1 unspecified atom stereocenters. The molecule has 1 rings (SSSR count). The van der Waals surface area contributed by atoms with Crippen LogP contribution in [-0.4, -0.2) is 47.4 Å². The van der Waals surface area contributed by atoms with Gasteiger partial charge in [0.25, 0.3) is 0 Å². The molecule has 0 bridgehead atoms. The number of carbonyl (C=O) groups excluding carboxylic acids is 2. The maximum Gasteiger partial charge on any atom is 0.245 e. The van der Waals surface area contributed by atoms with Crippen molar-refractivity contribution in [2.24, 2.45) is 0 Å². The minimum absolute atomic E-state index is 0.0220. The van der Waals surface area contributed by atoms with Crippen LogP contribution in [0.1, 0.15) is 33.1 Å². The van der Waals surface area contributed by atoms with E-state index in [9.17, 15) is 9.59 Å². The Balaban J connectivity index is 2.41. The van der Waals surface area contributed by atoms with Gasteiger partial charge in [0.2, 0.25) is 11.8 Å². The lowest BCUT2D eigenvalue weighted by Gasteiger charge is -2.32. The lowest BCUT2D eigenvalue weighted by molar-refractivity contribution is -0.144. The first-order valence-electron chi connectivity index (χ1n) is 6.35. The van der Waals surface area contributed by atoms with Crippen LogP contribution in [-0.2, 0) is 9.59 Å². The average molecular weight is 258 g/mol. The van der Waals surface area contributed by atoms with E-state index in [1.54, 1.807) is 4.90 Å². The van der Waals surface area contributed by atoms with Crippen LogP contribution < -0.4 is 5.32 Å². The molecule has 1 heterocycles. The summed E-state index contributed by atoms with van der Waals surface area (Å²) >= 11 is 1.87. The molecule has 1 aliphatic heterocycles. The first-order valence-corrected chi connectivity index (χ1v) is 7.50. The molecule has 98 valence electrons. The number of carbonyl (C=O) groups is 2. The summed E-state index contributed by atoms with van der Waals surface area (Å²) in [5.74, 6) is 2.23. The third kappa shape index (κ3) is 4.58. The molecule has 0 aliphatic carbocycles. The van der Waals surface area contributed by atoms with Gasteiger partial charge < -0.3 is 10.2 Å². The summed E-state index contributed by atoms with van der Waals surface area (Å²) in [6, 6.07) is -0.292. The van der Waals surface area contributed by atoms with E-state index in [4.69, 9.17) is 0 Å². The Hall–Kier alpha value is -0.710. The summed E-state index contributed by atoms with van der Waals surface area (Å²) in [6.07, 6.45) is 2.62. The van der Waals surface area contributed by atoms with Crippen molar-refractivity contribution >= 4 is 23.6 Å². The summed E-state index contributed by atoms with van der Waals surface area (Å²) in [5.41, 5.74) is 0. The molecule has 17 heavy (non-hydrogen) atoms. The topological polar surface area (TPSA) is 49.4 Å². The molecule has 0 radical (unpaired) electrons. The number of nitrogens with zero attached hydrogens (tertiary/aromatic N) is 1. The highest BCUT2D eigenvalue weighted by atomic mass is 32.2. The van der Waals surface area contributed by atoms with Gasteiger partial charge in [0.05, 0.1) is 6.54 Å². The molecule has 1 saturated heterocycles. The first-order chi connectivity index (χ1) is 8.19. The molecule has 5 heteroatoms. The van der Waals surface area contributed by atoms with E-state index < -0.39 is 0 Å². The van der Waals surface area contributed by atoms with Crippen molar-refractivity contribution in [1.82, 2.24) is 10.2 Å². The Bertz CT molecular complexity index is 271. The van der Waals surface area contributed by atoms with E-state index in [1.807, 2.05) is 18.7 Å². The summed E-state index contributed by atoms with van der Waals surface area (Å²) < 4.78 is 0. The maximum atomic E-state index is 12.0. The minimum atomic E-state index is -0.292. The monoisotopic (exact) mass is 258 g/mol. The zero-order valence-electron chi connectivity index (χ0n) is 10.7. The Labute approximate surface area is 108 Å². The van der Waals surface area contributed by atoms with Crippen molar-refractivity contribution < 1.29 is 9.59 Å². The Morgan fingerprint density at radius 2 is 2.18 bits per heavy atom. The number of amides is 2. The normalized spacial score (nSPS) is 20.6. The lowest BCUT2D eigenvalue weighted by atomic mass is 10.1. The van der Waals surface area contributed by atoms with Gasteiger partial charge in [-0.15, -0.1) is 0 Å². The van der Waals surface area contributed by atoms with Crippen LogP contribution >= 0.6 is 11.8 Å². The van der Waals surface area contributed by atoms with Gasteiger partial charge in [-0.1, -0.05) is 20.3 Å². The third-order valence-corrected chi connectivity index (χ3v) is 3.76. The van der Waals surface area contributed by atoms with Gasteiger partial charge >= 0.3 is 0 Å². The van der Waals surface area contributed by atoms with E-state index in [2.05, 4.69) is 12.2 Å². The van der Waals surface area contributed by atoms with Crippen LogP contribution in [0.4, 0.5) is 0 Å². The van der Waals surface area contributed by atoms with Crippen LogP contribution in [0.25, 0.3) is 0 Å². The summed E-state index contributed by atoms with van der Waals surface area (Å²) in [6.45, 7) is 5.09. The second-order valence-electron chi connectivity index (χ2n) is 4.22. The number of rotatable bonds is 7. The quantitative estimate of drug-likeness (QED) is 0.699. The van der Waals surface area contributed by atoms with Crippen molar-refractivity contribution in [2.75, 3.05) is 24.6 Å². The summed E-state index contributed by atoms with van der Waals surface area (Å²) in [4.78, 5) is 25.2. The molecular formula is C12H22N2O2S. The van der Waals surface area contributed by atoms with Gasteiger partial charge in [-0.25, -0.2) is 0 Å². The van der Waals surface area contributed by atoms with Gasteiger partial charge in [-0.05, 0) is 24.3 Å². The van der Waals surface area contributed by atoms with Crippen molar-refractivity contribution in [2.45, 2.75) is 39.2 Å². The van der Waals surface area contributed by atoms with Crippen LogP contribution in [0.15, 0.2) is 0 Å². The highest BCUT2D eigenvalue weighted by Crippen LogP contribution is 2.09. The Kier molecular flexibility index (Phi) is 6.40. The fraction of sp³-hybridized carbons (Fsp3) is 0.833. The highest BCUT2D eigenvalue weighted by Gasteiger charge is 2.31. The summed E-state index contributed by atoms with van der Waals surface area (Å²) in [5, 5.41) is 2.76. The molecule has 1 N–H and O–H groups in total. The van der Waals surface area contributed by atoms with Crippen LogP contribution in [0.2, 0.25) is 0 Å². The molecule has 4 nitrogen and oxygen atoms in total. The number of piperazine rings is 1. The smallest absolute Gasteiger partial charge is 0.245 e. The van der Waals surface area contributed by atoms with E-state index in [0.29, 0.717) is 6.54 Å². The SMILES string of the molecule is CCCC1NC(=O)CN(CCCSCC)C1=O. The molecule has 2 amide bonds. The number of hydrogen-bond acceptors (Lipinski definition) is 3. The second kappa shape index (κ2) is 7.58. The Morgan fingerprint density at radius 3 is 2.82 bits per heavy atom. The van der Waals surface area contributed by atoms with Crippen molar-refractivity contribution in [1.29, 1.82) is 0 Å². The van der Waals surface area contributed by atoms with E-state index in [0.717, 1.165) is 30.8 Å². The first kappa shape index (κ1) is 14.4. The van der Waals surface area contributed by atoms with Crippen molar-refractivity contribution in [3.63, 3.8) is 0 Å². The van der Waals surface area contributed by atoms with Crippen LogP contribution in [0, 0.1) is 0 Å². The fourth-order valence-electron chi connectivity index (χ4n) is 1.95. The van der Waals surface area contributed by atoms with Crippen LogP contribution in [0.3, 0.4) is 0 Å². The van der Waals surface area contributed by atoms with Crippen molar-refractivity contribution in [3.05, 3.63) is 0 Å². The van der Waals surface area contributed by atoms with Gasteiger partial charge in [0.1, 0.15) is 6.04 Å². The molecule has 0 aromatic rings. The molecule has 0 saturated carbocycles. The highest BCUT2D eigenvalue weighted by molar-refractivity contribution is 7.99. The standard InChI is InChI=1S/C12H22N2O2S/c1-3-6-10-12(16)14(9-11(15)13-10)7-5-8-17-4-2/h10H,3-9H2,1-2H3,(H,13,15). The zero-order valence-corrected chi connectivity index (χ0v) is 11.5. The van der Waals surface area contributed by atoms with E-state index in [-0.39, 0.29) is 24.4 Å². The molecule has 0 aromatic heterocycles. The molecule has 0 spiro atoms. The number of hydrogen-bond donors (Lipinski definition) is 1. The minimum Gasteiger partial charge on any atom is -0.343 e. The summed E-state index contributed by atoms with van der Waals surface area (Å²) in [7, 11) is 0. The maximum absolute atomic E-state index is 12.0. The predicted octanol–water partition coefficient (Wildman–Crippen LogP) is 1.26. The largest absolute Gasteiger partial charge is 0.343 e. The fourth-order valence-corrected chi connectivity index (χ4v) is 2.57. The third-order valence-electron chi connectivity index (χ3n) is 2.78. The predicted molar refractivity (Wildman–Crippen MR) is 71.0 cm³/mol. The lowest BCUT2D eigenvalue weighted by Crippen LogP contribution is -2.58. The molecule has 1 aliphatic rings. The molecule has 1 fully saturated rings. The second-order valence-corrected chi connectivity index (χ2v) is 5.61. The zero-order chi connectivity index (χ0) is 12.7. The molecule has 0 aromatic carbocycles. The van der Waals surface area contributed by atoms with Gasteiger partial charge in [0, 0.05) is 6.54 Å². The van der Waals surface area contributed by atoms with Crippen LogP contribution in [0.5, 0.6) is 0 Å². The molecule has 1 atom stereocenters. The average Bonchev–Trinajstić information content (AvgIpc) is 2.30. The Morgan fingerprint density at radius 1 is 1.41 bits per heavy atom. The number of thioether (sulfide) groups is 1. The van der Waals surface area contributed by atoms with E-state index in [1.165, 1.54) is 0 Å².